The Hall–Kier alpha value is -1.14. The van der Waals surface area contributed by atoms with Crippen LogP contribution in [0.1, 0.15) is 6.92 Å². The molecular formula is C4H8N2O4. The lowest BCUT2D eigenvalue weighted by molar-refractivity contribution is -0.136. The minimum absolute atomic E-state index is 0.697. The Labute approximate surface area is 57.4 Å². The molecule has 0 bridgehead atoms. The highest BCUT2D eigenvalue weighted by atomic mass is 16.8. The molecule has 6 nitrogen and oxygen atoms in total. The van der Waals surface area contributed by atoms with Crippen molar-refractivity contribution < 1.29 is 19.3 Å². The van der Waals surface area contributed by atoms with Gasteiger partial charge in [-0.3, -0.25) is 4.79 Å². The monoisotopic (exact) mass is 148 g/mol. The van der Waals surface area contributed by atoms with Gasteiger partial charge in [0.25, 0.3) is 0 Å². The second-order valence-electron chi connectivity index (χ2n) is 1.29. The van der Waals surface area contributed by atoms with E-state index in [0.717, 1.165) is 6.92 Å². The highest BCUT2D eigenvalue weighted by Gasteiger charge is 2.02. The maximum absolute atomic E-state index is 10.3. The number of hydroxylamine groups is 2. The standard InChI is InChI=1S/C4H8N2O4/c1-3(7)9-4(8)6-10-5-2/h5H,1-2H3,(H,6,8). The largest absolute Gasteiger partial charge is 0.440 e. The minimum atomic E-state index is -0.957. The fraction of sp³-hybridized carbons (Fsp3) is 0.500. The van der Waals surface area contributed by atoms with E-state index in [2.05, 4.69) is 15.2 Å². The van der Waals surface area contributed by atoms with Gasteiger partial charge in [0.05, 0.1) is 0 Å². The van der Waals surface area contributed by atoms with Crippen LogP contribution in [0.25, 0.3) is 0 Å². The maximum atomic E-state index is 10.3. The topological polar surface area (TPSA) is 76.7 Å². The lowest BCUT2D eigenvalue weighted by Crippen LogP contribution is -2.30. The third-order valence-corrected chi connectivity index (χ3v) is 0.473. The van der Waals surface area contributed by atoms with Gasteiger partial charge in [-0.25, -0.2) is 4.79 Å². The molecule has 0 fully saturated rings. The summed E-state index contributed by atoms with van der Waals surface area (Å²) in [5, 5.41) is 0. The van der Waals surface area contributed by atoms with Crippen LogP contribution in [0.3, 0.4) is 0 Å². The van der Waals surface area contributed by atoms with Gasteiger partial charge in [-0.1, -0.05) is 0 Å². The van der Waals surface area contributed by atoms with Gasteiger partial charge in [0.1, 0.15) is 0 Å². The van der Waals surface area contributed by atoms with E-state index in [-0.39, 0.29) is 0 Å². The zero-order valence-corrected chi connectivity index (χ0v) is 5.63. The van der Waals surface area contributed by atoms with Crippen LogP contribution >= 0.6 is 0 Å². The predicted molar refractivity (Wildman–Crippen MR) is 30.4 cm³/mol. The molecular weight excluding hydrogens is 140 g/mol. The number of nitrogens with one attached hydrogen (secondary N) is 2. The van der Waals surface area contributed by atoms with E-state index in [1.807, 2.05) is 0 Å². The molecule has 0 aliphatic carbocycles. The summed E-state index contributed by atoms with van der Waals surface area (Å²) >= 11 is 0. The van der Waals surface area contributed by atoms with Crippen molar-refractivity contribution in [1.82, 2.24) is 11.0 Å². The molecule has 10 heavy (non-hydrogen) atoms. The third-order valence-electron chi connectivity index (χ3n) is 0.473. The Morgan fingerprint density at radius 3 is 2.40 bits per heavy atom. The van der Waals surface area contributed by atoms with E-state index in [4.69, 9.17) is 0 Å². The van der Waals surface area contributed by atoms with Crippen molar-refractivity contribution in [1.29, 1.82) is 0 Å². The van der Waals surface area contributed by atoms with Crippen LogP contribution < -0.4 is 11.0 Å². The minimum Gasteiger partial charge on any atom is -0.375 e. The first-order valence-corrected chi connectivity index (χ1v) is 2.47. The summed E-state index contributed by atoms with van der Waals surface area (Å²) < 4.78 is 4.00. The summed E-state index contributed by atoms with van der Waals surface area (Å²) in [5.41, 5.74) is 3.92. The quantitative estimate of drug-likeness (QED) is 0.308. The van der Waals surface area contributed by atoms with Gasteiger partial charge in [0.15, 0.2) is 0 Å². The van der Waals surface area contributed by atoms with Crippen LogP contribution in [-0.4, -0.2) is 19.1 Å². The summed E-state index contributed by atoms with van der Waals surface area (Å²) in [5.74, 6) is -0.697. The molecule has 0 radical (unpaired) electrons. The zero-order chi connectivity index (χ0) is 7.98. The molecule has 0 aliphatic rings. The zero-order valence-electron chi connectivity index (χ0n) is 5.63. The number of carbonyl (C=O) groups excluding carboxylic acids is 2. The van der Waals surface area contributed by atoms with Gasteiger partial charge >= 0.3 is 12.1 Å². The van der Waals surface area contributed by atoms with Gasteiger partial charge in [-0.05, 0) is 0 Å². The van der Waals surface area contributed by atoms with E-state index in [1.54, 1.807) is 5.48 Å². The Balaban J connectivity index is 3.35. The first-order chi connectivity index (χ1) is 4.66. The van der Waals surface area contributed by atoms with Crippen molar-refractivity contribution in [2.75, 3.05) is 7.05 Å². The van der Waals surface area contributed by atoms with E-state index >= 15 is 0 Å². The molecule has 6 heteroatoms. The van der Waals surface area contributed by atoms with Crippen molar-refractivity contribution in [3.8, 4) is 0 Å². The van der Waals surface area contributed by atoms with Crippen LogP contribution in [0, 0.1) is 0 Å². The fourth-order valence-corrected chi connectivity index (χ4v) is 0.244. The lowest BCUT2D eigenvalue weighted by Gasteiger charge is -2.00. The fourth-order valence-electron chi connectivity index (χ4n) is 0.244. The van der Waals surface area contributed by atoms with Crippen molar-refractivity contribution in [3.05, 3.63) is 0 Å². The number of amides is 1. The Morgan fingerprint density at radius 2 is 2.00 bits per heavy atom. The maximum Gasteiger partial charge on any atom is 0.440 e. The van der Waals surface area contributed by atoms with E-state index < -0.39 is 12.1 Å². The SMILES string of the molecule is CNONC(=O)OC(C)=O. The van der Waals surface area contributed by atoms with E-state index in [1.165, 1.54) is 7.05 Å². The van der Waals surface area contributed by atoms with Crippen molar-refractivity contribution >= 4 is 12.1 Å². The summed E-state index contributed by atoms with van der Waals surface area (Å²) in [6, 6.07) is 0. The molecule has 0 saturated carbocycles. The summed E-state index contributed by atoms with van der Waals surface area (Å²) in [6.07, 6.45) is -0.957. The van der Waals surface area contributed by atoms with Gasteiger partial charge in [0, 0.05) is 14.0 Å². The van der Waals surface area contributed by atoms with Crippen molar-refractivity contribution in [2.24, 2.45) is 0 Å². The molecule has 0 unspecified atom stereocenters. The van der Waals surface area contributed by atoms with Crippen LogP contribution in [0.5, 0.6) is 0 Å². The van der Waals surface area contributed by atoms with Crippen LogP contribution in [0.2, 0.25) is 0 Å². The molecule has 1 amide bonds. The smallest absolute Gasteiger partial charge is 0.375 e. The molecule has 0 aliphatic heterocycles. The molecule has 0 atom stereocenters. The molecule has 0 aromatic carbocycles. The van der Waals surface area contributed by atoms with Gasteiger partial charge < -0.3 is 4.74 Å². The van der Waals surface area contributed by atoms with Crippen molar-refractivity contribution in [2.45, 2.75) is 6.92 Å². The predicted octanol–water partition coefficient (Wildman–Crippen LogP) is -0.675. The molecule has 2 N–H and O–H groups in total. The lowest BCUT2D eigenvalue weighted by atomic mass is 10.8. The van der Waals surface area contributed by atoms with Crippen LogP contribution in [-0.2, 0) is 14.5 Å². The highest BCUT2D eigenvalue weighted by molar-refractivity contribution is 5.82. The Bertz CT molecular complexity index is 135. The normalized spacial score (nSPS) is 8.60. The average Bonchev–Trinajstić information content (AvgIpc) is 1.82. The van der Waals surface area contributed by atoms with Crippen LogP contribution in [0.4, 0.5) is 4.79 Å². The number of hydrogen-bond acceptors (Lipinski definition) is 5. The van der Waals surface area contributed by atoms with Gasteiger partial charge in [0.2, 0.25) is 0 Å². The first-order valence-electron chi connectivity index (χ1n) is 2.47. The number of rotatable bonds is 2. The molecule has 0 aromatic rings. The van der Waals surface area contributed by atoms with Crippen molar-refractivity contribution in [3.63, 3.8) is 0 Å². The second kappa shape index (κ2) is 4.71. The summed E-state index contributed by atoms with van der Waals surface area (Å²) in [4.78, 5) is 24.5. The Morgan fingerprint density at radius 1 is 1.40 bits per heavy atom. The molecule has 0 rings (SSSR count). The number of carbonyl (C=O) groups is 2. The van der Waals surface area contributed by atoms with Gasteiger partial charge in [-0.15, -0.1) is 0 Å². The molecule has 58 valence electrons. The third kappa shape index (κ3) is 5.01. The number of ether oxygens (including phenoxy) is 1. The van der Waals surface area contributed by atoms with Gasteiger partial charge in [-0.2, -0.15) is 15.9 Å². The number of hydrogen-bond donors (Lipinski definition) is 2. The summed E-state index contributed by atoms with van der Waals surface area (Å²) in [6.45, 7) is 1.11. The molecule has 0 saturated heterocycles. The van der Waals surface area contributed by atoms with Crippen LogP contribution in [0.15, 0.2) is 0 Å². The average molecular weight is 148 g/mol. The van der Waals surface area contributed by atoms with E-state index in [0.29, 0.717) is 0 Å². The highest BCUT2D eigenvalue weighted by Crippen LogP contribution is 1.76. The molecule has 0 aromatic heterocycles. The first kappa shape index (κ1) is 8.86. The Kier molecular flexibility index (Phi) is 4.17. The van der Waals surface area contributed by atoms with E-state index in [9.17, 15) is 9.59 Å². The second-order valence-corrected chi connectivity index (χ2v) is 1.29. The molecule has 0 heterocycles. The summed E-state index contributed by atoms with van der Waals surface area (Å²) in [7, 11) is 1.44. The molecule has 0 spiro atoms. The number of esters is 1.